The summed E-state index contributed by atoms with van der Waals surface area (Å²) in [5, 5.41) is 10.1. The van der Waals surface area contributed by atoms with Crippen molar-refractivity contribution < 1.29 is 5.11 Å². The van der Waals surface area contributed by atoms with Crippen LogP contribution in [-0.2, 0) is 13.6 Å². The predicted molar refractivity (Wildman–Crippen MR) is 86.7 cm³/mol. The molecule has 0 aliphatic carbocycles. The summed E-state index contributed by atoms with van der Waals surface area (Å²) < 4.78 is 1.65. The smallest absolute Gasteiger partial charge is 0.261 e. The first kappa shape index (κ1) is 15.2. The first-order chi connectivity index (χ1) is 10.6. The number of fused-ring (bicyclic) bond motifs is 1. The molecule has 0 amide bonds. The average molecular weight is 301 g/mol. The van der Waals surface area contributed by atoms with Gasteiger partial charge in [-0.25, -0.2) is 4.98 Å². The molecule has 22 heavy (non-hydrogen) atoms. The average Bonchev–Trinajstić information content (AvgIpc) is 2.54. The molecule has 2 atom stereocenters. The summed E-state index contributed by atoms with van der Waals surface area (Å²) in [4.78, 5) is 19.5. The van der Waals surface area contributed by atoms with Crippen molar-refractivity contribution in [2.75, 3.05) is 13.2 Å². The standard InChI is InChI=1S/C17H23N3O2/c1-12-7-8-13(11-21)9-20(12)10-16-18-15-6-4-3-5-14(15)17(22)19(16)2/h3-6,12-13,21H,7-11H2,1-2H3. The lowest BCUT2D eigenvalue weighted by molar-refractivity contribution is 0.0742. The molecule has 2 unspecified atom stereocenters. The molecule has 0 radical (unpaired) electrons. The molecule has 5 heteroatoms. The van der Waals surface area contributed by atoms with Crippen LogP contribution in [0, 0.1) is 5.92 Å². The van der Waals surface area contributed by atoms with Crippen molar-refractivity contribution in [1.29, 1.82) is 0 Å². The third-order valence-corrected chi connectivity index (χ3v) is 4.79. The first-order valence-electron chi connectivity index (χ1n) is 7.89. The molecule has 1 fully saturated rings. The maximum atomic E-state index is 12.5. The molecule has 1 aliphatic rings. The lowest BCUT2D eigenvalue weighted by atomic mass is 9.94. The molecule has 0 spiro atoms. The van der Waals surface area contributed by atoms with Crippen LogP contribution in [-0.4, -0.2) is 38.8 Å². The van der Waals surface area contributed by atoms with Gasteiger partial charge in [0.05, 0.1) is 17.4 Å². The van der Waals surface area contributed by atoms with E-state index in [0.29, 0.717) is 23.9 Å². The van der Waals surface area contributed by atoms with Crippen LogP contribution in [0.25, 0.3) is 10.9 Å². The molecular formula is C17H23N3O2. The largest absolute Gasteiger partial charge is 0.396 e. The number of rotatable bonds is 3. The summed E-state index contributed by atoms with van der Waals surface area (Å²) in [5.74, 6) is 1.11. The lowest BCUT2D eigenvalue weighted by Gasteiger charge is -2.37. The van der Waals surface area contributed by atoms with Gasteiger partial charge >= 0.3 is 0 Å². The van der Waals surface area contributed by atoms with Gasteiger partial charge in [-0.05, 0) is 37.8 Å². The van der Waals surface area contributed by atoms with Crippen LogP contribution < -0.4 is 5.56 Å². The van der Waals surface area contributed by atoms with E-state index in [9.17, 15) is 9.90 Å². The van der Waals surface area contributed by atoms with E-state index in [-0.39, 0.29) is 12.2 Å². The zero-order chi connectivity index (χ0) is 15.7. The number of benzene rings is 1. The van der Waals surface area contributed by atoms with E-state index in [0.717, 1.165) is 30.7 Å². The zero-order valence-electron chi connectivity index (χ0n) is 13.2. The molecule has 1 saturated heterocycles. The minimum absolute atomic E-state index is 0.00368. The van der Waals surface area contributed by atoms with E-state index >= 15 is 0 Å². The highest BCUT2D eigenvalue weighted by Crippen LogP contribution is 2.23. The lowest BCUT2D eigenvalue weighted by Crippen LogP contribution is -2.43. The van der Waals surface area contributed by atoms with Crippen molar-refractivity contribution >= 4 is 10.9 Å². The first-order valence-corrected chi connectivity index (χ1v) is 7.89. The van der Waals surface area contributed by atoms with E-state index in [1.54, 1.807) is 11.6 Å². The predicted octanol–water partition coefficient (Wildman–Crippen LogP) is 1.53. The summed E-state index contributed by atoms with van der Waals surface area (Å²) >= 11 is 0. The summed E-state index contributed by atoms with van der Waals surface area (Å²) in [5.41, 5.74) is 0.757. The Bertz CT molecular complexity index is 725. The van der Waals surface area contributed by atoms with Crippen molar-refractivity contribution in [1.82, 2.24) is 14.5 Å². The number of para-hydroxylation sites is 1. The Labute approximate surface area is 130 Å². The fourth-order valence-electron chi connectivity index (χ4n) is 3.22. The minimum Gasteiger partial charge on any atom is -0.396 e. The van der Waals surface area contributed by atoms with Crippen LogP contribution >= 0.6 is 0 Å². The molecule has 2 aromatic rings. The fourth-order valence-corrected chi connectivity index (χ4v) is 3.22. The van der Waals surface area contributed by atoms with Gasteiger partial charge in [0.1, 0.15) is 5.82 Å². The molecule has 0 bridgehead atoms. The molecule has 3 rings (SSSR count). The highest BCUT2D eigenvalue weighted by molar-refractivity contribution is 5.77. The monoisotopic (exact) mass is 301 g/mol. The quantitative estimate of drug-likeness (QED) is 0.934. The number of hydrogen-bond acceptors (Lipinski definition) is 4. The highest BCUT2D eigenvalue weighted by atomic mass is 16.3. The van der Waals surface area contributed by atoms with Crippen molar-refractivity contribution in [2.45, 2.75) is 32.4 Å². The van der Waals surface area contributed by atoms with Crippen molar-refractivity contribution in [3.05, 3.63) is 40.4 Å². The Morgan fingerprint density at radius 3 is 2.86 bits per heavy atom. The highest BCUT2D eigenvalue weighted by Gasteiger charge is 2.26. The van der Waals surface area contributed by atoms with Crippen molar-refractivity contribution in [3.63, 3.8) is 0 Å². The van der Waals surface area contributed by atoms with Crippen molar-refractivity contribution in [2.24, 2.45) is 13.0 Å². The number of aliphatic hydroxyl groups is 1. The van der Waals surface area contributed by atoms with Crippen molar-refractivity contribution in [3.8, 4) is 0 Å². The molecular weight excluding hydrogens is 278 g/mol. The van der Waals surface area contributed by atoms with Crippen LogP contribution in [0.3, 0.4) is 0 Å². The van der Waals surface area contributed by atoms with Crippen LogP contribution in [0.15, 0.2) is 29.1 Å². The van der Waals surface area contributed by atoms with Gasteiger partial charge < -0.3 is 5.11 Å². The molecule has 1 aliphatic heterocycles. The molecule has 0 saturated carbocycles. The molecule has 5 nitrogen and oxygen atoms in total. The molecule has 2 heterocycles. The number of likely N-dealkylation sites (tertiary alicyclic amines) is 1. The Hall–Kier alpha value is -1.72. The van der Waals surface area contributed by atoms with Crippen LogP contribution in [0.5, 0.6) is 0 Å². The van der Waals surface area contributed by atoms with Crippen LogP contribution in [0.4, 0.5) is 0 Å². The van der Waals surface area contributed by atoms with Gasteiger partial charge in [0.25, 0.3) is 5.56 Å². The third-order valence-electron chi connectivity index (χ3n) is 4.79. The second-order valence-electron chi connectivity index (χ2n) is 6.31. The third kappa shape index (κ3) is 2.78. The molecule has 1 aromatic heterocycles. The van der Waals surface area contributed by atoms with Gasteiger partial charge in [-0.1, -0.05) is 12.1 Å². The molecule has 1 aromatic carbocycles. The zero-order valence-corrected chi connectivity index (χ0v) is 13.2. The summed E-state index contributed by atoms with van der Waals surface area (Å²) in [6, 6.07) is 7.93. The van der Waals surface area contributed by atoms with E-state index in [2.05, 4.69) is 16.8 Å². The van der Waals surface area contributed by atoms with Crippen LogP contribution in [0.1, 0.15) is 25.6 Å². The second-order valence-corrected chi connectivity index (χ2v) is 6.31. The van der Waals surface area contributed by atoms with Crippen LogP contribution in [0.2, 0.25) is 0 Å². The van der Waals surface area contributed by atoms with Gasteiger partial charge in [-0.15, -0.1) is 0 Å². The van der Waals surface area contributed by atoms with Gasteiger partial charge in [-0.3, -0.25) is 14.3 Å². The summed E-state index contributed by atoms with van der Waals surface area (Å²) in [6.45, 7) is 3.94. The van der Waals surface area contributed by atoms with Gasteiger partial charge in [-0.2, -0.15) is 0 Å². The molecule has 118 valence electrons. The number of nitrogens with zero attached hydrogens (tertiary/aromatic N) is 3. The Morgan fingerprint density at radius 2 is 2.09 bits per heavy atom. The maximum Gasteiger partial charge on any atom is 0.261 e. The van der Waals surface area contributed by atoms with Gasteiger partial charge in [0.15, 0.2) is 0 Å². The number of aliphatic hydroxyl groups excluding tert-OH is 1. The van der Waals surface area contributed by atoms with E-state index in [4.69, 9.17) is 0 Å². The maximum absolute atomic E-state index is 12.5. The Kier molecular flexibility index (Phi) is 4.27. The normalized spacial score (nSPS) is 23.0. The topological polar surface area (TPSA) is 58.4 Å². The number of aromatic nitrogens is 2. The van der Waals surface area contributed by atoms with E-state index < -0.39 is 0 Å². The number of piperidine rings is 1. The number of hydrogen-bond donors (Lipinski definition) is 1. The fraction of sp³-hybridized carbons (Fsp3) is 0.529. The van der Waals surface area contributed by atoms with Gasteiger partial charge in [0.2, 0.25) is 0 Å². The summed E-state index contributed by atoms with van der Waals surface area (Å²) in [6.07, 6.45) is 2.14. The Balaban J connectivity index is 1.93. The molecule has 1 N–H and O–H groups in total. The van der Waals surface area contributed by atoms with Gasteiger partial charge in [0, 0.05) is 26.2 Å². The van der Waals surface area contributed by atoms with E-state index in [1.165, 1.54) is 0 Å². The minimum atomic E-state index is 0.00368. The Morgan fingerprint density at radius 1 is 1.32 bits per heavy atom. The summed E-state index contributed by atoms with van der Waals surface area (Å²) in [7, 11) is 1.79. The van der Waals surface area contributed by atoms with E-state index in [1.807, 2.05) is 24.3 Å². The SMILES string of the molecule is CC1CCC(CO)CN1Cc1nc2ccccc2c(=O)n1C. The second kappa shape index (κ2) is 6.18.